The molecule has 0 radical (unpaired) electrons. The third-order valence-electron chi connectivity index (χ3n) is 4.46. The van der Waals surface area contributed by atoms with Crippen LogP contribution in [0.2, 0.25) is 0 Å². The summed E-state index contributed by atoms with van der Waals surface area (Å²) in [5.74, 6) is 2.58. The van der Waals surface area contributed by atoms with Crippen LogP contribution in [0.25, 0.3) is 0 Å². The molecule has 0 heterocycles. The van der Waals surface area contributed by atoms with E-state index in [0.717, 1.165) is 22.6 Å². The quantitative estimate of drug-likeness (QED) is 0.375. The van der Waals surface area contributed by atoms with Gasteiger partial charge in [-0.1, -0.05) is 31.4 Å². The number of ether oxygens (including phenoxy) is 4. The van der Waals surface area contributed by atoms with E-state index in [4.69, 9.17) is 18.9 Å². The molecule has 0 amide bonds. The molecule has 0 atom stereocenters. The normalized spacial score (nSPS) is 10.2. The molecule has 0 aliphatic rings. The van der Waals surface area contributed by atoms with Crippen molar-refractivity contribution in [1.29, 1.82) is 0 Å². The fourth-order valence-corrected chi connectivity index (χ4v) is 3.06. The standard InChI is InChI=1S/C24H28O5/c1-6-14-28-19-10-11-20(23(16-19)29-15-7-2)21(25)12-8-18-9-13-22(26-4)17(3)24(18)27-5/h6-7,9-11,13,16H,1-2,8,12,14-15H2,3-5H3. The summed E-state index contributed by atoms with van der Waals surface area (Å²) in [5.41, 5.74) is 2.39. The summed E-state index contributed by atoms with van der Waals surface area (Å²) in [4.78, 5) is 12.9. The van der Waals surface area contributed by atoms with Crippen LogP contribution < -0.4 is 18.9 Å². The second kappa shape index (κ2) is 11.0. The summed E-state index contributed by atoms with van der Waals surface area (Å²) in [6, 6.07) is 9.03. The predicted octanol–water partition coefficient (Wildman–Crippen LogP) is 4.96. The summed E-state index contributed by atoms with van der Waals surface area (Å²) in [5, 5.41) is 0. The monoisotopic (exact) mass is 396 g/mol. The zero-order valence-electron chi connectivity index (χ0n) is 17.3. The third-order valence-corrected chi connectivity index (χ3v) is 4.46. The molecule has 5 heteroatoms. The van der Waals surface area contributed by atoms with Crippen molar-refractivity contribution in [1.82, 2.24) is 0 Å². The molecule has 0 spiro atoms. The van der Waals surface area contributed by atoms with Gasteiger partial charge >= 0.3 is 0 Å². The molecular formula is C24H28O5. The van der Waals surface area contributed by atoms with Crippen LogP contribution in [-0.4, -0.2) is 33.2 Å². The summed E-state index contributed by atoms with van der Waals surface area (Å²) >= 11 is 0. The van der Waals surface area contributed by atoms with Gasteiger partial charge in [0.15, 0.2) is 5.78 Å². The largest absolute Gasteiger partial charge is 0.496 e. The Kier molecular flexibility index (Phi) is 8.34. The van der Waals surface area contributed by atoms with E-state index >= 15 is 0 Å². The van der Waals surface area contributed by atoms with E-state index < -0.39 is 0 Å². The SMILES string of the molecule is C=CCOc1ccc(C(=O)CCc2ccc(OC)c(C)c2OC)c(OCC=C)c1. The maximum Gasteiger partial charge on any atom is 0.166 e. The average molecular weight is 396 g/mol. The van der Waals surface area contributed by atoms with Crippen molar-refractivity contribution >= 4 is 5.78 Å². The number of hydrogen-bond acceptors (Lipinski definition) is 5. The summed E-state index contributed by atoms with van der Waals surface area (Å²) < 4.78 is 22.1. The van der Waals surface area contributed by atoms with E-state index in [-0.39, 0.29) is 5.78 Å². The smallest absolute Gasteiger partial charge is 0.166 e. The van der Waals surface area contributed by atoms with Gasteiger partial charge in [0.1, 0.15) is 36.2 Å². The first-order chi connectivity index (χ1) is 14.0. The molecule has 0 aliphatic carbocycles. The number of rotatable bonds is 12. The molecule has 5 nitrogen and oxygen atoms in total. The fourth-order valence-electron chi connectivity index (χ4n) is 3.06. The second-order valence-electron chi connectivity index (χ2n) is 6.37. The van der Waals surface area contributed by atoms with Gasteiger partial charge in [-0.15, -0.1) is 0 Å². The van der Waals surface area contributed by atoms with Crippen molar-refractivity contribution in [3.8, 4) is 23.0 Å². The van der Waals surface area contributed by atoms with E-state index in [0.29, 0.717) is 43.1 Å². The number of hydrogen-bond donors (Lipinski definition) is 0. The molecule has 0 bridgehead atoms. The molecule has 2 rings (SSSR count). The molecule has 2 aromatic carbocycles. The van der Waals surface area contributed by atoms with Crippen LogP contribution in [0.4, 0.5) is 0 Å². The lowest BCUT2D eigenvalue weighted by atomic mass is 9.99. The molecule has 0 fully saturated rings. The topological polar surface area (TPSA) is 54.0 Å². The highest BCUT2D eigenvalue weighted by molar-refractivity contribution is 5.99. The van der Waals surface area contributed by atoms with Crippen molar-refractivity contribution in [2.45, 2.75) is 19.8 Å². The van der Waals surface area contributed by atoms with E-state index in [2.05, 4.69) is 13.2 Å². The number of ketones is 1. The van der Waals surface area contributed by atoms with Crippen LogP contribution in [0.15, 0.2) is 55.6 Å². The van der Waals surface area contributed by atoms with Crippen LogP contribution in [-0.2, 0) is 6.42 Å². The number of benzene rings is 2. The van der Waals surface area contributed by atoms with Crippen LogP contribution in [0.1, 0.15) is 27.9 Å². The Morgan fingerprint density at radius 3 is 2.34 bits per heavy atom. The van der Waals surface area contributed by atoms with Gasteiger partial charge in [-0.3, -0.25) is 4.79 Å². The van der Waals surface area contributed by atoms with Crippen LogP contribution in [0.3, 0.4) is 0 Å². The molecule has 0 N–H and O–H groups in total. The highest BCUT2D eigenvalue weighted by Gasteiger charge is 2.17. The lowest BCUT2D eigenvalue weighted by Crippen LogP contribution is -2.07. The Morgan fingerprint density at radius 2 is 1.69 bits per heavy atom. The first kappa shape index (κ1) is 22.1. The lowest BCUT2D eigenvalue weighted by Gasteiger charge is -2.15. The van der Waals surface area contributed by atoms with Crippen molar-refractivity contribution in [2.75, 3.05) is 27.4 Å². The zero-order valence-corrected chi connectivity index (χ0v) is 17.3. The Labute approximate surface area is 172 Å². The highest BCUT2D eigenvalue weighted by Crippen LogP contribution is 2.33. The molecule has 0 aromatic heterocycles. The molecule has 0 saturated heterocycles. The molecule has 29 heavy (non-hydrogen) atoms. The molecule has 154 valence electrons. The number of Topliss-reactive ketones (excluding diaryl/α,β-unsaturated/α-hetero) is 1. The average Bonchev–Trinajstić information content (AvgIpc) is 2.74. The minimum atomic E-state index is -0.0187. The first-order valence-corrected chi connectivity index (χ1v) is 9.40. The van der Waals surface area contributed by atoms with Crippen LogP contribution in [0.5, 0.6) is 23.0 Å². The molecule has 0 saturated carbocycles. The van der Waals surface area contributed by atoms with Crippen molar-refractivity contribution in [3.63, 3.8) is 0 Å². The maximum absolute atomic E-state index is 12.9. The van der Waals surface area contributed by atoms with Crippen molar-refractivity contribution in [3.05, 3.63) is 72.3 Å². The molecule has 2 aromatic rings. The molecular weight excluding hydrogens is 368 g/mol. The number of aryl methyl sites for hydroxylation is 1. The number of carbonyl (C=O) groups is 1. The Morgan fingerprint density at radius 1 is 0.966 bits per heavy atom. The first-order valence-electron chi connectivity index (χ1n) is 9.40. The Balaban J connectivity index is 2.20. The van der Waals surface area contributed by atoms with Crippen molar-refractivity contribution < 1.29 is 23.7 Å². The van der Waals surface area contributed by atoms with E-state index in [1.807, 2.05) is 19.1 Å². The predicted molar refractivity (Wildman–Crippen MR) is 115 cm³/mol. The summed E-state index contributed by atoms with van der Waals surface area (Å²) in [7, 11) is 3.24. The number of methoxy groups -OCH3 is 2. The summed E-state index contributed by atoms with van der Waals surface area (Å²) in [6.45, 7) is 9.92. The number of carbonyl (C=O) groups excluding carboxylic acids is 1. The zero-order chi connectivity index (χ0) is 21.2. The minimum Gasteiger partial charge on any atom is -0.496 e. The Hall–Kier alpha value is -3.21. The van der Waals surface area contributed by atoms with Gasteiger partial charge in [-0.2, -0.15) is 0 Å². The van der Waals surface area contributed by atoms with E-state index in [1.54, 1.807) is 44.6 Å². The van der Waals surface area contributed by atoms with Gasteiger partial charge in [0, 0.05) is 18.1 Å². The fraction of sp³-hybridized carbons (Fsp3) is 0.292. The van der Waals surface area contributed by atoms with E-state index in [9.17, 15) is 4.79 Å². The van der Waals surface area contributed by atoms with Gasteiger partial charge in [-0.25, -0.2) is 0 Å². The summed E-state index contributed by atoms with van der Waals surface area (Å²) in [6.07, 6.45) is 4.16. The van der Waals surface area contributed by atoms with E-state index in [1.165, 1.54) is 0 Å². The second-order valence-corrected chi connectivity index (χ2v) is 6.37. The van der Waals surface area contributed by atoms with Gasteiger partial charge in [0.05, 0.1) is 19.8 Å². The van der Waals surface area contributed by atoms with Gasteiger partial charge in [0.2, 0.25) is 0 Å². The maximum atomic E-state index is 12.9. The minimum absolute atomic E-state index is 0.0187. The van der Waals surface area contributed by atoms with Crippen LogP contribution >= 0.6 is 0 Å². The molecule has 0 aliphatic heterocycles. The lowest BCUT2D eigenvalue weighted by molar-refractivity contribution is 0.0979. The Bertz CT molecular complexity index is 870. The highest BCUT2D eigenvalue weighted by atomic mass is 16.5. The third kappa shape index (κ3) is 5.64. The van der Waals surface area contributed by atoms with Gasteiger partial charge in [0.25, 0.3) is 0 Å². The molecule has 0 unspecified atom stereocenters. The van der Waals surface area contributed by atoms with Gasteiger partial charge in [-0.05, 0) is 37.1 Å². The van der Waals surface area contributed by atoms with Crippen molar-refractivity contribution in [2.24, 2.45) is 0 Å². The van der Waals surface area contributed by atoms with Crippen LogP contribution in [0, 0.1) is 6.92 Å². The van der Waals surface area contributed by atoms with Gasteiger partial charge < -0.3 is 18.9 Å².